The maximum absolute atomic E-state index is 11.7. The summed E-state index contributed by atoms with van der Waals surface area (Å²) in [5, 5.41) is 11.3. The largest absolute Gasteiger partial charge is 0.378 e. The average molecular weight is 287 g/mol. The fourth-order valence-corrected chi connectivity index (χ4v) is 3.45. The van der Waals surface area contributed by atoms with Crippen molar-refractivity contribution in [2.75, 3.05) is 17.7 Å². The molecule has 1 aliphatic rings. The number of anilines is 1. The lowest BCUT2D eigenvalue weighted by molar-refractivity contribution is -0.116. The third kappa shape index (κ3) is 4.22. The van der Waals surface area contributed by atoms with Crippen LogP contribution in [0.4, 0.5) is 5.13 Å². The highest BCUT2D eigenvalue weighted by atomic mass is 32.2. The van der Waals surface area contributed by atoms with E-state index in [0.29, 0.717) is 11.6 Å². The second-order valence-corrected chi connectivity index (χ2v) is 6.52. The van der Waals surface area contributed by atoms with Gasteiger partial charge in [-0.3, -0.25) is 4.79 Å². The predicted molar refractivity (Wildman–Crippen MR) is 73.1 cm³/mol. The molecule has 1 aromatic rings. The fraction of sp³-hybridized carbons (Fsp3) is 0.727. The molecular weight excluding hydrogens is 270 g/mol. The number of nitrogens with zero attached hydrogens (tertiary/aromatic N) is 2. The van der Waals surface area contributed by atoms with Gasteiger partial charge in [-0.2, -0.15) is 0 Å². The lowest BCUT2D eigenvalue weighted by Gasteiger charge is -2.07. The monoisotopic (exact) mass is 287 g/mol. The summed E-state index contributed by atoms with van der Waals surface area (Å²) in [5.74, 6) is 0.955. The molecule has 7 heteroatoms. The van der Waals surface area contributed by atoms with Crippen molar-refractivity contribution < 1.29 is 9.53 Å². The number of rotatable bonds is 6. The molecule has 1 N–H and O–H groups in total. The molecule has 1 saturated heterocycles. The van der Waals surface area contributed by atoms with E-state index in [1.54, 1.807) is 11.8 Å². The minimum absolute atomic E-state index is 0.00491. The van der Waals surface area contributed by atoms with Crippen LogP contribution in [0.2, 0.25) is 0 Å². The summed E-state index contributed by atoms with van der Waals surface area (Å²) in [5.41, 5.74) is 0. The van der Waals surface area contributed by atoms with Gasteiger partial charge in [-0.1, -0.05) is 30.0 Å². The average Bonchev–Trinajstić information content (AvgIpc) is 2.99. The molecule has 0 aliphatic carbocycles. The molecule has 0 spiro atoms. The number of thioether (sulfide) groups is 1. The van der Waals surface area contributed by atoms with E-state index < -0.39 is 0 Å². The van der Waals surface area contributed by atoms with Crippen LogP contribution in [0.5, 0.6) is 0 Å². The number of amides is 1. The highest BCUT2D eigenvalue weighted by Crippen LogP contribution is 2.25. The zero-order valence-electron chi connectivity index (χ0n) is 10.3. The number of carbonyl (C=O) groups excluding carboxylic acids is 1. The van der Waals surface area contributed by atoms with Crippen molar-refractivity contribution in [3.63, 3.8) is 0 Å². The summed E-state index contributed by atoms with van der Waals surface area (Å²) in [6, 6.07) is 0. The Hall–Kier alpha value is -0.660. The summed E-state index contributed by atoms with van der Waals surface area (Å²) >= 11 is 3.05. The Kier molecular flexibility index (Phi) is 5.40. The molecule has 1 fully saturated rings. The van der Waals surface area contributed by atoms with Gasteiger partial charge in [0.05, 0.1) is 6.10 Å². The highest BCUT2D eigenvalue weighted by Gasteiger charge is 2.17. The van der Waals surface area contributed by atoms with Crippen LogP contribution in [-0.2, 0) is 9.53 Å². The Labute approximate surface area is 115 Å². The molecule has 0 unspecified atom stereocenters. The smallest absolute Gasteiger partial charge is 0.226 e. The zero-order chi connectivity index (χ0) is 12.8. The standard InChI is InChI=1S/C11H17N3O2S2/c1-2-17-11-14-13-10(18-11)12-9(15)6-5-8-4-3-7-16-8/h8H,2-7H2,1H3,(H,12,13,15)/t8-/m0/s1. The second kappa shape index (κ2) is 7.06. The van der Waals surface area contributed by atoms with Gasteiger partial charge in [0.25, 0.3) is 0 Å². The first-order chi connectivity index (χ1) is 8.78. The van der Waals surface area contributed by atoms with Gasteiger partial charge < -0.3 is 10.1 Å². The van der Waals surface area contributed by atoms with Crippen LogP contribution in [-0.4, -0.2) is 34.6 Å². The molecule has 1 aliphatic heterocycles. The molecule has 0 bridgehead atoms. The van der Waals surface area contributed by atoms with Crippen molar-refractivity contribution in [3.05, 3.63) is 0 Å². The topological polar surface area (TPSA) is 64.1 Å². The van der Waals surface area contributed by atoms with E-state index in [1.807, 2.05) is 0 Å². The van der Waals surface area contributed by atoms with Crippen LogP contribution in [0.1, 0.15) is 32.6 Å². The minimum Gasteiger partial charge on any atom is -0.378 e. The van der Waals surface area contributed by atoms with Gasteiger partial charge >= 0.3 is 0 Å². The Morgan fingerprint density at radius 3 is 3.22 bits per heavy atom. The van der Waals surface area contributed by atoms with Gasteiger partial charge in [-0.15, -0.1) is 10.2 Å². The van der Waals surface area contributed by atoms with Crippen LogP contribution in [0.25, 0.3) is 0 Å². The highest BCUT2D eigenvalue weighted by molar-refractivity contribution is 8.01. The number of nitrogens with one attached hydrogen (secondary N) is 1. The van der Waals surface area contributed by atoms with Gasteiger partial charge in [-0.05, 0) is 25.0 Å². The Morgan fingerprint density at radius 1 is 1.61 bits per heavy atom. The van der Waals surface area contributed by atoms with E-state index in [4.69, 9.17) is 4.74 Å². The molecule has 18 heavy (non-hydrogen) atoms. The molecule has 1 amide bonds. The summed E-state index contributed by atoms with van der Waals surface area (Å²) in [6.07, 6.45) is 3.72. The second-order valence-electron chi connectivity index (χ2n) is 4.03. The molecule has 5 nitrogen and oxygen atoms in total. The van der Waals surface area contributed by atoms with E-state index in [-0.39, 0.29) is 12.0 Å². The summed E-state index contributed by atoms with van der Waals surface area (Å²) in [7, 11) is 0. The first-order valence-electron chi connectivity index (χ1n) is 6.15. The van der Waals surface area contributed by atoms with Crippen molar-refractivity contribution in [1.82, 2.24) is 10.2 Å². The summed E-state index contributed by atoms with van der Waals surface area (Å²) in [4.78, 5) is 11.7. The first-order valence-corrected chi connectivity index (χ1v) is 7.96. The van der Waals surface area contributed by atoms with Crippen molar-refractivity contribution in [1.29, 1.82) is 0 Å². The lowest BCUT2D eigenvalue weighted by Crippen LogP contribution is -2.15. The van der Waals surface area contributed by atoms with Crippen molar-refractivity contribution in [2.24, 2.45) is 0 Å². The number of ether oxygens (including phenoxy) is 1. The van der Waals surface area contributed by atoms with Gasteiger partial charge in [0.1, 0.15) is 0 Å². The van der Waals surface area contributed by atoms with E-state index in [9.17, 15) is 4.79 Å². The van der Waals surface area contributed by atoms with Crippen LogP contribution < -0.4 is 5.32 Å². The summed E-state index contributed by atoms with van der Waals surface area (Å²) < 4.78 is 6.38. The van der Waals surface area contributed by atoms with Gasteiger partial charge in [0, 0.05) is 13.0 Å². The van der Waals surface area contributed by atoms with Crippen LogP contribution in [0, 0.1) is 0 Å². The van der Waals surface area contributed by atoms with Crippen LogP contribution in [0.3, 0.4) is 0 Å². The first kappa shape index (κ1) is 13.8. The lowest BCUT2D eigenvalue weighted by atomic mass is 10.1. The minimum atomic E-state index is -0.00491. The quantitative estimate of drug-likeness (QED) is 0.643. The Morgan fingerprint density at radius 2 is 2.50 bits per heavy atom. The molecular formula is C11H17N3O2S2. The third-order valence-electron chi connectivity index (χ3n) is 2.64. The molecule has 0 aromatic carbocycles. The van der Waals surface area contributed by atoms with Crippen molar-refractivity contribution in [3.8, 4) is 0 Å². The van der Waals surface area contributed by atoms with E-state index >= 15 is 0 Å². The van der Waals surface area contributed by atoms with Crippen molar-refractivity contribution in [2.45, 2.75) is 43.1 Å². The van der Waals surface area contributed by atoms with E-state index in [2.05, 4.69) is 22.4 Å². The SMILES string of the molecule is CCSc1nnc(NC(=O)CC[C@@H]2CCCO2)s1. The third-order valence-corrected chi connectivity index (χ3v) is 4.49. The maximum atomic E-state index is 11.7. The van der Waals surface area contributed by atoms with E-state index in [0.717, 1.165) is 36.0 Å². The number of hydrogen-bond donors (Lipinski definition) is 1. The molecule has 0 saturated carbocycles. The molecule has 100 valence electrons. The molecule has 2 rings (SSSR count). The Bertz CT molecular complexity index is 391. The molecule has 1 aromatic heterocycles. The number of hydrogen-bond acceptors (Lipinski definition) is 6. The van der Waals surface area contributed by atoms with E-state index in [1.165, 1.54) is 11.3 Å². The number of carbonyl (C=O) groups is 1. The zero-order valence-corrected chi connectivity index (χ0v) is 12.0. The Balaban J connectivity index is 1.72. The van der Waals surface area contributed by atoms with Gasteiger partial charge in [-0.25, -0.2) is 0 Å². The molecule has 0 radical (unpaired) electrons. The maximum Gasteiger partial charge on any atom is 0.226 e. The fourth-order valence-electron chi connectivity index (χ4n) is 1.79. The van der Waals surface area contributed by atoms with Gasteiger partial charge in [0.15, 0.2) is 4.34 Å². The molecule has 2 heterocycles. The predicted octanol–water partition coefficient (Wildman–Crippen LogP) is 2.55. The number of aromatic nitrogens is 2. The van der Waals surface area contributed by atoms with Gasteiger partial charge in [0.2, 0.25) is 11.0 Å². The molecule has 1 atom stereocenters. The van der Waals surface area contributed by atoms with Crippen LogP contribution >= 0.6 is 23.1 Å². The normalized spacial score (nSPS) is 19.1. The van der Waals surface area contributed by atoms with Crippen molar-refractivity contribution >= 4 is 34.1 Å². The summed E-state index contributed by atoms with van der Waals surface area (Å²) in [6.45, 7) is 2.90. The van der Waals surface area contributed by atoms with Crippen LogP contribution in [0.15, 0.2) is 4.34 Å².